The summed E-state index contributed by atoms with van der Waals surface area (Å²) in [5.41, 5.74) is 0.776. The molecular weight excluding hydrogens is 398 g/mol. The molecule has 0 saturated carbocycles. The Kier molecular flexibility index (Phi) is 5.90. The molecule has 0 bridgehead atoms. The number of nitrogens with one attached hydrogen (secondary N) is 1. The highest BCUT2D eigenvalue weighted by Crippen LogP contribution is 2.36. The number of thiophene rings is 1. The first-order valence-corrected chi connectivity index (χ1v) is 11.7. The van der Waals surface area contributed by atoms with Crippen LogP contribution >= 0.6 is 11.3 Å². The number of aromatic nitrogens is 2. The Balaban J connectivity index is 1.55. The quantitative estimate of drug-likeness (QED) is 0.789. The van der Waals surface area contributed by atoms with Crippen molar-refractivity contribution >= 4 is 33.5 Å². The van der Waals surface area contributed by atoms with E-state index in [2.05, 4.69) is 29.0 Å². The number of carbonyl (C=O) groups is 1. The predicted octanol–water partition coefficient (Wildman–Crippen LogP) is 4.01. The Morgan fingerprint density at radius 2 is 1.93 bits per heavy atom. The number of fused-ring (bicyclic) bond motifs is 1. The monoisotopic (exact) mass is 431 g/mol. The van der Waals surface area contributed by atoms with Gasteiger partial charge in [-0.25, -0.2) is 14.8 Å². The SMILES string of the molecule is Cc1sc2nc(CN3CCCC3)nc(N3CC[C@@H](NC(=O)OC(C)(C)C)C3)c2c1C. The topological polar surface area (TPSA) is 70.6 Å². The van der Waals surface area contributed by atoms with E-state index >= 15 is 0 Å². The van der Waals surface area contributed by atoms with E-state index < -0.39 is 5.60 Å². The van der Waals surface area contributed by atoms with E-state index in [1.807, 2.05) is 20.8 Å². The third kappa shape index (κ3) is 4.70. The number of anilines is 1. The van der Waals surface area contributed by atoms with Crippen LogP contribution in [0.5, 0.6) is 0 Å². The van der Waals surface area contributed by atoms with Crippen LogP contribution < -0.4 is 10.2 Å². The van der Waals surface area contributed by atoms with Crippen molar-refractivity contribution < 1.29 is 9.53 Å². The van der Waals surface area contributed by atoms with Crippen LogP contribution in [-0.2, 0) is 11.3 Å². The van der Waals surface area contributed by atoms with Gasteiger partial charge in [-0.05, 0) is 72.5 Å². The summed E-state index contributed by atoms with van der Waals surface area (Å²) in [7, 11) is 0. The summed E-state index contributed by atoms with van der Waals surface area (Å²) in [6.07, 6.45) is 3.06. The number of hydrogen-bond donors (Lipinski definition) is 1. The Bertz CT molecular complexity index is 930. The normalized spacial score (nSPS) is 20.3. The lowest BCUT2D eigenvalue weighted by Crippen LogP contribution is -2.40. The average Bonchev–Trinajstić information content (AvgIpc) is 3.36. The summed E-state index contributed by atoms with van der Waals surface area (Å²) in [5, 5.41) is 4.19. The number of amides is 1. The number of ether oxygens (including phenoxy) is 1. The molecule has 0 radical (unpaired) electrons. The average molecular weight is 432 g/mol. The van der Waals surface area contributed by atoms with Crippen LogP contribution in [0.25, 0.3) is 10.2 Å². The van der Waals surface area contributed by atoms with E-state index in [0.29, 0.717) is 0 Å². The molecule has 7 nitrogen and oxygen atoms in total. The maximum Gasteiger partial charge on any atom is 0.407 e. The molecule has 8 heteroatoms. The Morgan fingerprint density at radius 1 is 1.20 bits per heavy atom. The molecule has 2 fully saturated rings. The lowest BCUT2D eigenvalue weighted by molar-refractivity contribution is 0.0509. The van der Waals surface area contributed by atoms with E-state index in [9.17, 15) is 4.79 Å². The molecule has 2 saturated heterocycles. The van der Waals surface area contributed by atoms with Gasteiger partial charge in [0.1, 0.15) is 22.1 Å². The molecule has 1 atom stereocenters. The second kappa shape index (κ2) is 8.30. The number of rotatable bonds is 4. The molecule has 2 aromatic rings. The zero-order valence-electron chi connectivity index (χ0n) is 18.7. The number of likely N-dealkylation sites (tertiary alicyclic amines) is 1. The summed E-state index contributed by atoms with van der Waals surface area (Å²) in [6.45, 7) is 14.6. The third-order valence-electron chi connectivity index (χ3n) is 5.83. The van der Waals surface area contributed by atoms with Crippen LogP contribution in [0.1, 0.15) is 56.3 Å². The summed E-state index contributed by atoms with van der Waals surface area (Å²) in [6, 6.07) is 0.0620. The Labute approximate surface area is 182 Å². The molecule has 2 aliphatic rings. The van der Waals surface area contributed by atoms with Gasteiger partial charge in [-0.15, -0.1) is 11.3 Å². The summed E-state index contributed by atoms with van der Waals surface area (Å²) in [5.74, 6) is 1.92. The molecule has 2 aliphatic heterocycles. The third-order valence-corrected chi connectivity index (χ3v) is 6.93. The molecule has 2 aromatic heterocycles. The molecule has 4 rings (SSSR count). The predicted molar refractivity (Wildman–Crippen MR) is 121 cm³/mol. The summed E-state index contributed by atoms with van der Waals surface area (Å²) >= 11 is 1.76. The maximum absolute atomic E-state index is 12.2. The zero-order chi connectivity index (χ0) is 21.5. The van der Waals surface area contributed by atoms with Crippen LogP contribution in [0.15, 0.2) is 0 Å². The van der Waals surface area contributed by atoms with Crippen molar-refractivity contribution in [1.82, 2.24) is 20.2 Å². The van der Waals surface area contributed by atoms with E-state index in [1.165, 1.54) is 28.7 Å². The van der Waals surface area contributed by atoms with Gasteiger partial charge in [-0.2, -0.15) is 0 Å². The molecule has 1 N–H and O–H groups in total. The fraction of sp³-hybridized carbons (Fsp3) is 0.682. The van der Waals surface area contributed by atoms with Crippen LogP contribution in [0.3, 0.4) is 0 Å². The van der Waals surface area contributed by atoms with Gasteiger partial charge in [-0.3, -0.25) is 4.90 Å². The standard InChI is InChI=1S/C22H33N5O2S/c1-14-15(2)30-20-18(14)19(24-17(25-20)13-26-9-6-7-10-26)27-11-8-16(12-27)23-21(28)29-22(3,4)5/h16H,6-13H2,1-5H3,(H,23,28)/t16-/m1/s1. The van der Waals surface area contributed by atoms with Crippen molar-refractivity contribution in [3.05, 3.63) is 16.3 Å². The van der Waals surface area contributed by atoms with Crippen molar-refractivity contribution in [1.29, 1.82) is 0 Å². The van der Waals surface area contributed by atoms with Crippen LogP contribution in [-0.4, -0.2) is 58.8 Å². The minimum Gasteiger partial charge on any atom is -0.444 e. The first-order chi connectivity index (χ1) is 14.2. The van der Waals surface area contributed by atoms with Gasteiger partial charge in [0.2, 0.25) is 0 Å². The second-order valence-corrected chi connectivity index (χ2v) is 10.7. The number of aryl methyl sites for hydroxylation is 2. The van der Waals surface area contributed by atoms with Gasteiger partial charge in [-0.1, -0.05) is 0 Å². The van der Waals surface area contributed by atoms with Crippen LogP contribution in [0.2, 0.25) is 0 Å². The van der Waals surface area contributed by atoms with Gasteiger partial charge in [0.05, 0.1) is 18.0 Å². The zero-order valence-corrected chi connectivity index (χ0v) is 19.6. The summed E-state index contributed by atoms with van der Waals surface area (Å²) < 4.78 is 5.43. The second-order valence-electron chi connectivity index (χ2n) is 9.49. The van der Waals surface area contributed by atoms with Gasteiger partial charge in [0.25, 0.3) is 0 Å². The molecule has 0 spiro atoms. The van der Waals surface area contributed by atoms with Crippen molar-refractivity contribution in [2.75, 3.05) is 31.1 Å². The highest BCUT2D eigenvalue weighted by atomic mass is 32.1. The number of hydrogen-bond acceptors (Lipinski definition) is 7. The number of carbonyl (C=O) groups excluding carboxylic acids is 1. The van der Waals surface area contributed by atoms with Crippen molar-refractivity contribution in [3.8, 4) is 0 Å². The molecule has 0 aromatic carbocycles. The summed E-state index contributed by atoms with van der Waals surface area (Å²) in [4.78, 5) is 29.2. The molecule has 1 amide bonds. The first-order valence-electron chi connectivity index (χ1n) is 10.9. The van der Waals surface area contributed by atoms with E-state index in [1.54, 1.807) is 11.3 Å². The maximum atomic E-state index is 12.2. The minimum absolute atomic E-state index is 0.0620. The van der Waals surface area contributed by atoms with Crippen molar-refractivity contribution in [2.24, 2.45) is 0 Å². The smallest absolute Gasteiger partial charge is 0.407 e. The number of nitrogens with zero attached hydrogens (tertiary/aromatic N) is 4. The first kappa shape index (κ1) is 21.3. The molecule has 4 heterocycles. The molecule has 164 valence electrons. The number of alkyl carbamates (subject to hydrolysis) is 1. The molecule has 0 aliphatic carbocycles. The van der Waals surface area contributed by atoms with Crippen molar-refractivity contribution in [3.63, 3.8) is 0 Å². The Hall–Kier alpha value is -1.93. The van der Waals surface area contributed by atoms with Gasteiger partial charge in [0, 0.05) is 18.0 Å². The van der Waals surface area contributed by atoms with Crippen molar-refractivity contribution in [2.45, 2.75) is 72.1 Å². The van der Waals surface area contributed by atoms with E-state index in [4.69, 9.17) is 14.7 Å². The van der Waals surface area contributed by atoms with Crippen LogP contribution in [0, 0.1) is 13.8 Å². The lowest BCUT2D eigenvalue weighted by Gasteiger charge is -2.23. The molecule has 0 unspecified atom stereocenters. The minimum atomic E-state index is -0.489. The largest absolute Gasteiger partial charge is 0.444 e. The fourth-order valence-corrected chi connectivity index (χ4v) is 5.30. The van der Waals surface area contributed by atoms with Gasteiger partial charge < -0.3 is 15.0 Å². The molecule has 30 heavy (non-hydrogen) atoms. The highest BCUT2D eigenvalue weighted by molar-refractivity contribution is 7.18. The molecular formula is C22H33N5O2S. The lowest BCUT2D eigenvalue weighted by atomic mass is 10.2. The van der Waals surface area contributed by atoms with Gasteiger partial charge >= 0.3 is 6.09 Å². The Morgan fingerprint density at radius 3 is 2.63 bits per heavy atom. The van der Waals surface area contributed by atoms with Crippen LogP contribution in [0.4, 0.5) is 10.6 Å². The van der Waals surface area contributed by atoms with Gasteiger partial charge in [0.15, 0.2) is 0 Å². The van der Waals surface area contributed by atoms with E-state index in [-0.39, 0.29) is 12.1 Å². The fourth-order valence-electron chi connectivity index (χ4n) is 4.26. The van der Waals surface area contributed by atoms with E-state index in [0.717, 1.165) is 55.6 Å². The highest BCUT2D eigenvalue weighted by Gasteiger charge is 2.29.